The van der Waals surface area contributed by atoms with Gasteiger partial charge in [0.1, 0.15) is 18.4 Å². The fraction of sp³-hybridized carbons (Fsp3) is 0.310. The summed E-state index contributed by atoms with van der Waals surface area (Å²) in [5, 5.41) is 2.77. The van der Waals surface area contributed by atoms with Gasteiger partial charge in [-0.1, -0.05) is 55.5 Å². The molecule has 9 heteroatoms. The topological polar surface area (TPSA) is 86.8 Å². The lowest BCUT2D eigenvalue weighted by Gasteiger charge is -2.32. The van der Waals surface area contributed by atoms with Gasteiger partial charge in [0.25, 0.3) is 10.0 Å². The molecule has 0 saturated heterocycles. The minimum absolute atomic E-state index is 0.0306. The number of benzene rings is 3. The number of halogens is 1. The third kappa shape index (κ3) is 6.77. The van der Waals surface area contributed by atoms with E-state index in [1.54, 1.807) is 50.2 Å². The summed E-state index contributed by atoms with van der Waals surface area (Å²) >= 11 is 0. The first-order valence-corrected chi connectivity index (χ1v) is 14.0. The van der Waals surface area contributed by atoms with Crippen LogP contribution in [0.5, 0.6) is 0 Å². The molecule has 38 heavy (non-hydrogen) atoms. The highest BCUT2D eigenvalue weighted by Gasteiger charge is 2.33. The summed E-state index contributed by atoms with van der Waals surface area (Å²) in [5.74, 6) is -1.55. The second-order valence-corrected chi connectivity index (χ2v) is 11.1. The summed E-state index contributed by atoms with van der Waals surface area (Å²) in [6.07, 6.45) is 0.704. The molecule has 1 atom stereocenters. The van der Waals surface area contributed by atoms with Gasteiger partial charge in [-0.3, -0.25) is 13.9 Å². The zero-order valence-corrected chi connectivity index (χ0v) is 23.0. The molecule has 202 valence electrons. The third-order valence-electron chi connectivity index (χ3n) is 6.26. The Kier molecular flexibility index (Phi) is 9.63. The highest BCUT2D eigenvalue weighted by atomic mass is 32.2. The molecule has 3 aromatic carbocycles. The second kappa shape index (κ2) is 12.7. The summed E-state index contributed by atoms with van der Waals surface area (Å²) in [5.41, 5.74) is 2.07. The van der Waals surface area contributed by atoms with Gasteiger partial charge < -0.3 is 10.2 Å². The first-order chi connectivity index (χ1) is 18.1. The molecule has 0 fully saturated rings. The molecule has 3 rings (SSSR count). The van der Waals surface area contributed by atoms with Gasteiger partial charge >= 0.3 is 0 Å². The van der Waals surface area contributed by atoms with E-state index in [1.807, 2.05) is 19.9 Å². The van der Waals surface area contributed by atoms with Crippen LogP contribution in [0.15, 0.2) is 77.7 Å². The summed E-state index contributed by atoms with van der Waals surface area (Å²) in [6.45, 7) is 6.72. The Bertz CT molecular complexity index is 1380. The van der Waals surface area contributed by atoms with Gasteiger partial charge in [0.15, 0.2) is 0 Å². The standard InChI is InChI=1S/C29H34FN3O4S/c1-5-17-31-29(35)23(4)32(19-24-11-9-10-14-26(24)30)28(34)20-33(27-18-21(2)15-16-22(27)3)38(36,37)25-12-7-6-8-13-25/h6-16,18,23H,5,17,19-20H2,1-4H3,(H,31,35). The Hall–Kier alpha value is -3.72. The Labute approximate surface area is 224 Å². The van der Waals surface area contributed by atoms with Gasteiger partial charge in [-0.25, -0.2) is 12.8 Å². The smallest absolute Gasteiger partial charge is 0.264 e. The molecule has 0 saturated carbocycles. The molecule has 0 radical (unpaired) electrons. The number of aryl methyl sites for hydroxylation is 2. The van der Waals surface area contributed by atoms with E-state index in [9.17, 15) is 22.4 Å². The molecule has 0 bridgehead atoms. The molecule has 0 aromatic heterocycles. The number of hydrogen-bond acceptors (Lipinski definition) is 4. The Balaban J connectivity index is 2.06. The maximum Gasteiger partial charge on any atom is 0.264 e. The van der Waals surface area contributed by atoms with E-state index >= 15 is 0 Å². The average molecular weight is 540 g/mol. The van der Waals surface area contributed by atoms with Crippen LogP contribution in [0, 0.1) is 19.7 Å². The Morgan fingerprint density at radius 2 is 1.63 bits per heavy atom. The number of anilines is 1. The predicted octanol–water partition coefficient (Wildman–Crippen LogP) is 4.58. The maximum atomic E-state index is 14.6. The monoisotopic (exact) mass is 539 g/mol. The molecule has 3 aromatic rings. The molecule has 2 amide bonds. The van der Waals surface area contributed by atoms with Crippen molar-refractivity contribution in [2.24, 2.45) is 0 Å². The van der Waals surface area contributed by atoms with E-state index in [-0.39, 0.29) is 17.0 Å². The molecular formula is C29H34FN3O4S. The fourth-order valence-electron chi connectivity index (χ4n) is 4.01. The third-order valence-corrected chi connectivity index (χ3v) is 8.03. The molecule has 0 aliphatic carbocycles. The summed E-state index contributed by atoms with van der Waals surface area (Å²) in [6, 6.07) is 18.3. The van der Waals surface area contributed by atoms with Crippen molar-refractivity contribution in [2.75, 3.05) is 17.4 Å². The lowest BCUT2D eigenvalue weighted by Crippen LogP contribution is -2.51. The zero-order valence-electron chi connectivity index (χ0n) is 22.1. The fourth-order valence-corrected chi connectivity index (χ4v) is 5.50. The minimum atomic E-state index is -4.15. The number of nitrogens with one attached hydrogen (secondary N) is 1. The van der Waals surface area contributed by atoms with E-state index in [4.69, 9.17) is 0 Å². The molecule has 7 nitrogen and oxygen atoms in total. The quantitative estimate of drug-likeness (QED) is 0.387. The minimum Gasteiger partial charge on any atom is -0.354 e. The molecular weight excluding hydrogens is 505 g/mol. The van der Waals surface area contributed by atoms with E-state index in [2.05, 4.69) is 5.32 Å². The second-order valence-electron chi connectivity index (χ2n) is 9.19. The van der Waals surface area contributed by atoms with Gasteiger partial charge in [-0.2, -0.15) is 0 Å². The summed E-state index contributed by atoms with van der Waals surface area (Å²) in [4.78, 5) is 28.0. The average Bonchev–Trinajstić information content (AvgIpc) is 2.91. The highest BCUT2D eigenvalue weighted by Crippen LogP contribution is 2.28. The van der Waals surface area contributed by atoms with Gasteiger partial charge in [-0.05, 0) is 62.6 Å². The normalized spacial score (nSPS) is 12.0. The van der Waals surface area contributed by atoms with Crippen molar-refractivity contribution in [1.82, 2.24) is 10.2 Å². The zero-order chi connectivity index (χ0) is 27.9. The van der Waals surface area contributed by atoms with Crippen LogP contribution in [0.2, 0.25) is 0 Å². The van der Waals surface area contributed by atoms with E-state index in [0.717, 1.165) is 9.87 Å². The van der Waals surface area contributed by atoms with Crippen LogP contribution in [-0.4, -0.2) is 44.3 Å². The van der Waals surface area contributed by atoms with Crippen molar-refractivity contribution in [3.8, 4) is 0 Å². The van der Waals surface area contributed by atoms with Crippen molar-refractivity contribution in [2.45, 2.75) is 51.6 Å². The number of rotatable bonds is 11. The molecule has 0 heterocycles. The summed E-state index contributed by atoms with van der Waals surface area (Å²) in [7, 11) is -4.15. The van der Waals surface area contributed by atoms with Crippen molar-refractivity contribution in [3.05, 3.63) is 95.3 Å². The number of sulfonamides is 1. The highest BCUT2D eigenvalue weighted by molar-refractivity contribution is 7.92. The molecule has 0 spiro atoms. The van der Waals surface area contributed by atoms with Crippen molar-refractivity contribution < 1.29 is 22.4 Å². The lowest BCUT2D eigenvalue weighted by atomic mass is 10.1. The van der Waals surface area contributed by atoms with Crippen LogP contribution in [0.25, 0.3) is 0 Å². The van der Waals surface area contributed by atoms with Gasteiger partial charge in [0.05, 0.1) is 10.6 Å². The SMILES string of the molecule is CCCNC(=O)C(C)N(Cc1ccccc1F)C(=O)CN(c1cc(C)ccc1C)S(=O)(=O)c1ccccc1. The van der Waals surface area contributed by atoms with Crippen LogP contribution in [0.1, 0.15) is 37.0 Å². The lowest BCUT2D eigenvalue weighted by molar-refractivity contribution is -0.139. The molecule has 0 aliphatic heterocycles. The van der Waals surface area contributed by atoms with Gasteiger partial charge in [-0.15, -0.1) is 0 Å². The van der Waals surface area contributed by atoms with Crippen LogP contribution < -0.4 is 9.62 Å². The first kappa shape index (κ1) is 28.8. The number of hydrogen-bond donors (Lipinski definition) is 1. The van der Waals surface area contributed by atoms with Crippen LogP contribution in [-0.2, 0) is 26.2 Å². The number of amides is 2. The molecule has 1 unspecified atom stereocenters. The Morgan fingerprint density at radius 3 is 2.29 bits per heavy atom. The maximum absolute atomic E-state index is 14.6. The molecule has 0 aliphatic rings. The summed E-state index contributed by atoms with van der Waals surface area (Å²) < 4.78 is 43.3. The van der Waals surface area contributed by atoms with Crippen molar-refractivity contribution in [1.29, 1.82) is 0 Å². The molecule has 1 N–H and O–H groups in total. The van der Waals surface area contributed by atoms with Crippen LogP contribution in [0.3, 0.4) is 0 Å². The van der Waals surface area contributed by atoms with Crippen LogP contribution >= 0.6 is 0 Å². The van der Waals surface area contributed by atoms with E-state index in [1.165, 1.54) is 35.2 Å². The largest absolute Gasteiger partial charge is 0.354 e. The number of carbonyl (C=O) groups excluding carboxylic acids is 2. The predicted molar refractivity (Wildman–Crippen MR) is 147 cm³/mol. The number of carbonyl (C=O) groups is 2. The Morgan fingerprint density at radius 1 is 0.974 bits per heavy atom. The van der Waals surface area contributed by atoms with E-state index in [0.29, 0.717) is 24.2 Å². The first-order valence-electron chi connectivity index (χ1n) is 12.5. The van der Waals surface area contributed by atoms with Crippen LogP contribution in [0.4, 0.5) is 10.1 Å². The number of nitrogens with zero attached hydrogens (tertiary/aromatic N) is 2. The van der Waals surface area contributed by atoms with Gasteiger partial charge in [0, 0.05) is 18.7 Å². The van der Waals surface area contributed by atoms with E-state index < -0.39 is 40.2 Å². The van der Waals surface area contributed by atoms with Gasteiger partial charge in [0.2, 0.25) is 11.8 Å². The van der Waals surface area contributed by atoms with Crippen molar-refractivity contribution >= 4 is 27.5 Å². The van der Waals surface area contributed by atoms with Crippen molar-refractivity contribution in [3.63, 3.8) is 0 Å².